The van der Waals surface area contributed by atoms with Crippen LogP contribution in [0.25, 0.3) is 0 Å². The third-order valence-electron chi connectivity index (χ3n) is 3.94. The molecule has 2 nitrogen and oxygen atoms in total. The van der Waals surface area contributed by atoms with Gasteiger partial charge in [-0.15, -0.1) is 0 Å². The van der Waals surface area contributed by atoms with Gasteiger partial charge in [0.25, 0.3) is 0 Å². The summed E-state index contributed by atoms with van der Waals surface area (Å²) in [6.07, 6.45) is 0. The van der Waals surface area contributed by atoms with Crippen LogP contribution in [0.5, 0.6) is 5.75 Å². The molecule has 0 bridgehead atoms. The summed E-state index contributed by atoms with van der Waals surface area (Å²) in [6, 6.07) is 18.9. The molecule has 5 heteroatoms. The third kappa shape index (κ3) is 4.86. The zero-order chi connectivity index (χ0) is 18.5. The van der Waals surface area contributed by atoms with E-state index in [1.807, 2.05) is 12.1 Å². The van der Waals surface area contributed by atoms with Crippen molar-refractivity contribution in [2.75, 3.05) is 5.32 Å². The lowest BCUT2D eigenvalue weighted by molar-refractivity contribution is 0.296. The maximum Gasteiger partial charge on any atom is 0.148 e. The van der Waals surface area contributed by atoms with Gasteiger partial charge in [0.1, 0.15) is 18.2 Å². The molecule has 0 atom stereocenters. The topological polar surface area (TPSA) is 21.3 Å². The molecule has 0 radical (unpaired) electrons. The van der Waals surface area contributed by atoms with Crippen LogP contribution in [0.15, 0.2) is 69.6 Å². The molecule has 0 fully saturated rings. The Balaban J connectivity index is 1.67. The van der Waals surface area contributed by atoms with E-state index in [0.717, 1.165) is 20.2 Å². The molecule has 134 valence electrons. The van der Waals surface area contributed by atoms with E-state index >= 15 is 0 Å². The molecular weight excluding hydrogens is 461 g/mol. The molecule has 0 heterocycles. The maximum absolute atomic E-state index is 13.7. The Morgan fingerprint density at radius 1 is 0.962 bits per heavy atom. The Hall–Kier alpha value is -1.85. The SMILES string of the molecule is Cc1ccc(NCc2cc(Br)c(OCc3ccccc3F)c(Br)c2)cc1. The fourth-order valence-corrected chi connectivity index (χ4v) is 4.00. The number of anilines is 1. The molecule has 0 saturated carbocycles. The minimum Gasteiger partial charge on any atom is -0.486 e. The molecule has 0 aromatic heterocycles. The average molecular weight is 479 g/mol. The minimum absolute atomic E-state index is 0.171. The predicted octanol–water partition coefficient (Wildman–Crippen LogP) is 6.85. The van der Waals surface area contributed by atoms with Crippen LogP contribution in [0, 0.1) is 12.7 Å². The monoisotopic (exact) mass is 477 g/mol. The standard InChI is InChI=1S/C21H18Br2FNO/c1-14-6-8-17(9-7-14)25-12-15-10-18(22)21(19(23)11-15)26-13-16-4-2-3-5-20(16)24/h2-11,25H,12-13H2,1H3. The lowest BCUT2D eigenvalue weighted by atomic mass is 10.2. The highest BCUT2D eigenvalue weighted by Gasteiger charge is 2.11. The van der Waals surface area contributed by atoms with Gasteiger partial charge >= 0.3 is 0 Å². The second-order valence-electron chi connectivity index (χ2n) is 5.99. The van der Waals surface area contributed by atoms with Crippen molar-refractivity contribution in [3.8, 4) is 5.75 Å². The first-order valence-corrected chi connectivity index (χ1v) is 9.76. The summed E-state index contributed by atoms with van der Waals surface area (Å²) < 4.78 is 21.2. The van der Waals surface area contributed by atoms with Gasteiger partial charge in [-0.1, -0.05) is 35.9 Å². The second kappa shape index (κ2) is 8.69. The Labute approximate surface area is 169 Å². The first-order chi connectivity index (χ1) is 12.5. The number of hydrogen-bond donors (Lipinski definition) is 1. The summed E-state index contributed by atoms with van der Waals surface area (Å²) in [5.41, 5.74) is 3.93. The fourth-order valence-electron chi connectivity index (χ4n) is 2.49. The largest absolute Gasteiger partial charge is 0.486 e. The van der Waals surface area contributed by atoms with E-state index < -0.39 is 0 Å². The van der Waals surface area contributed by atoms with E-state index in [0.29, 0.717) is 17.9 Å². The molecule has 26 heavy (non-hydrogen) atoms. The van der Waals surface area contributed by atoms with Crippen molar-refractivity contribution >= 4 is 37.5 Å². The number of hydrogen-bond acceptors (Lipinski definition) is 2. The van der Waals surface area contributed by atoms with Gasteiger partial charge in [0.05, 0.1) is 8.95 Å². The highest BCUT2D eigenvalue weighted by Crippen LogP contribution is 2.35. The molecule has 0 spiro atoms. The van der Waals surface area contributed by atoms with E-state index in [1.54, 1.807) is 18.2 Å². The molecule has 3 rings (SSSR count). The van der Waals surface area contributed by atoms with Crippen molar-refractivity contribution in [2.24, 2.45) is 0 Å². The van der Waals surface area contributed by atoms with Gasteiger partial charge in [-0.2, -0.15) is 0 Å². The maximum atomic E-state index is 13.7. The van der Waals surface area contributed by atoms with Gasteiger partial charge in [-0.05, 0) is 74.7 Å². The van der Waals surface area contributed by atoms with Crippen molar-refractivity contribution in [1.82, 2.24) is 0 Å². The minimum atomic E-state index is -0.265. The summed E-state index contributed by atoms with van der Waals surface area (Å²) in [5.74, 6) is 0.394. The van der Waals surface area contributed by atoms with Crippen LogP contribution in [0.4, 0.5) is 10.1 Å². The average Bonchev–Trinajstić information content (AvgIpc) is 2.62. The van der Waals surface area contributed by atoms with Crippen LogP contribution < -0.4 is 10.1 Å². The fraction of sp³-hybridized carbons (Fsp3) is 0.143. The van der Waals surface area contributed by atoms with Crippen molar-refractivity contribution in [3.05, 3.63) is 92.1 Å². The Bertz CT molecular complexity index is 874. The lowest BCUT2D eigenvalue weighted by Crippen LogP contribution is -2.02. The molecule has 3 aromatic carbocycles. The van der Waals surface area contributed by atoms with E-state index in [4.69, 9.17) is 4.74 Å². The number of rotatable bonds is 6. The first-order valence-electron chi connectivity index (χ1n) is 8.17. The summed E-state index contributed by atoms with van der Waals surface area (Å²) >= 11 is 7.10. The van der Waals surface area contributed by atoms with Gasteiger partial charge in [0.2, 0.25) is 0 Å². The molecule has 0 aliphatic carbocycles. The number of halogens is 3. The molecule has 0 aliphatic rings. The second-order valence-corrected chi connectivity index (χ2v) is 7.70. The third-order valence-corrected chi connectivity index (χ3v) is 5.11. The van der Waals surface area contributed by atoms with Gasteiger partial charge in [-0.25, -0.2) is 4.39 Å². The predicted molar refractivity (Wildman–Crippen MR) is 111 cm³/mol. The summed E-state index contributed by atoms with van der Waals surface area (Å²) in [5, 5.41) is 3.40. The van der Waals surface area contributed by atoms with E-state index in [9.17, 15) is 4.39 Å². The van der Waals surface area contributed by atoms with Gasteiger partial charge in [-0.3, -0.25) is 0 Å². The molecule has 1 N–H and O–H groups in total. The lowest BCUT2D eigenvalue weighted by Gasteiger charge is -2.14. The van der Waals surface area contributed by atoms with Crippen LogP contribution >= 0.6 is 31.9 Å². The quantitative estimate of drug-likeness (QED) is 0.418. The Morgan fingerprint density at radius 3 is 2.27 bits per heavy atom. The molecule has 0 unspecified atom stereocenters. The zero-order valence-electron chi connectivity index (χ0n) is 14.2. The van der Waals surface area contributed by atoms with Crippen LogP contribution in [0.3, 0.4) is 0 Å². The van der Waals surface area contributed by atoms with Crippen molar-refractivity contribution in [2.45, 2.75) is 20.1 Å². The highest BCUT2D eigenvalue weighted by atomic mass is 79.9. The van der Waals surface area contributed by atoms with Crippen LogP contribution in [0.2, 0.25) is 0 Å². The smallest absolute Gasteiger partial charge is 0.148 e. The van der Waals surface area contributed by atoms with E-state index in [-0.39, 0.29) is 12.4 Å². The van der Waals surface area contributed by atoms with Gasteiger partial charge in [0, 0.05) is 17.8 Å². The normalized spacial score (nSPS) is 10.6. The number of benzene rings is 3. The summed E-state index contributed by atoms with van der Waals surface area (Å²) in [6.45, 7) is 2.93. The summed E-state index contributed by atoms with van der Waals surface area (Å²) in [7, 11) is 0. The van der Waals surface area contributed by atoms with E-state index in [1.165, 1.54) is 11.6 Å². The number of aryl methyl sites for hydroxylation is 1. The summed E-state index contributed by atoms with van der Waals surface area (Å²) in [4.78, 5) is 0. The molecule has 0 aliphatic heterocycles. The van der Waals surface area contributed by atoms with E-state index in [2.05, 4.69) is 68.4 Å². The van der Waals surface area contributed by atoms with Gasteiger partial charge in [0.15, 0.2) is 0 Å². The number of ether oxygens (including phenoxy) is 1. The molecule has 0 amide bonds. The van der Waals surface area contributed by atoms with Gasteiger partial charge < -0.3 is 10.1 Å². The zero-order valence-corrected chi connectivity index (χ0v) is 17.4. The molecule has 3 aromatic rings. The van der Waals surface area contributed by atoms with Crippen molar-refractivity contribution in [1.29, 1.82) is 0 Å². The Morgan fingerprint density at radius 2 is 1.62 bits per heavy atom. The molecular formula is C21H18Br2FNO. The van der Waals surface area contributed by atoms with Crippen LogP contribution in [-0.4, -0.2) is 0 Å². The Kier molecular flexibility index (Phi) is 6.33. The highest BCUT2D eigenvalue weighted by molar-refractivity contribution is 9.11. The van der Waals surface area contributed by atoms with Crippen LogP contribution in [0.1, 0.15) is 16.7 Å². The first kappa shape index (κ1) is 18.9. The number of nitrogens with one attached hydrogen (secondary N) is 1. The van der Waals surface area contributed by atoms with Crippen molar-refractivity contribution < 1.29 is 9.13 Å². The van der Waals surface area contributed by atoms with Crippen LogP contribution in [-0.2, 0) is 13.2 Å². The molecule has 0 saturated heterocycles. The van der Waals surface area contributed by atoms with Crippen molar-refractivity contribution in [3.63, 3.8) is 0 Å².